The van der Waals surface area contributed by atoms with E-state index in [0.29, 0.717) is 6.42 Å². The van der Waals surface area contributed by atoms with Crippen molar-refractivity contribution in [3.63, 3.8) is 0 Å². The van der Waals surface area contributed by atoms with Crippen LogP contribution in [0.4, 0.5) is 0 Å². The van der Waals surface area contributed by atoms with Crippen molar-refractivity contribution in [2.75, 3.05) is 7.11 Å². The zero-order valence-electron chi connectivity index (χ0n) is 14.8. The third-order valence-electron chi connectivity index (χ3n) is 3.81. The van der Waals surface area contributed by atoms with Crippen LogP contribution in [-0.2, 0) is 9.53 Å². The van der Waals surface area contributed by atoms with E-state index in [-0.39, 0.29) is 5.97 Å². The first kappa shape index (κ1) is 20.9. The van der Waals surface area contributed by atoms with Crippen molar-refractivity contribution in [3.05, 3.63) is 24.3 Å². The van der Waals surface area contributed by atoms with Gasteiger partial charge in [-0.2, -0.15) is 0 Å². The molecule has 22 heavy (non-hydrogen) atoms. The van der Waals surface area contributed by atoms with Crippen LogP contribution < -0.4 is 0 Å². The van der Waals surface area contributed by atoms with Crippen LogP contribution in [0.5, 0.6) is 0 Å². The molecule has 0 fully saturated rings. The fourth-order valence-corrected chi connectivity index (χ4v) is 2.36. The Labute approximate surface area is 138 Å². The number of methoxy groups -OCH3 is 1. The standard InChI is InChI=1S/C20H36O2/c1-3-4-5-6-7-8-9-10-11-12-13-14-15-16-17-18-19-20(21)22-2/h7-8,10-11H,3-6,9,12-19H2,1-2H3/b8-7+,11-10+. The highest BCUT2D eigenvalue weighted by atomic mass is 16.5. The minimum Gasteiger partial charge on any atom is -0.469 e. The van der Waals surface area contributed by atoms with Crippen LogP contribution in [0.25, 0.3) is 0 Å². The van der Waals surface area contributed by atoms with E-state index in [9.17, 15) is 4.79 Å². The average molecular weight is 309 g/mol. The second kappa shape index (κ2) is 18.0. The lowest BCUT2D eigenvalue weighted by Gasteiger charge is -2.00. The Bertz CT molecular complexity index is 292. The highest BCUT2D eigenvalue weighted by Gasteiger charge is 1.98. The smallest absolute Gasteiger partial charge is 0.305 e. The van der Waals surface area contributed by atoms with Gasteiger partial charge in [-0.05, 0) is 38.5 Å². The summed E-state index contributed by atoms with van der Waals surface area (Å²) >= 11 is 0. The topological polar surface area (TPSA) is 26.3 Å². The largest absolute Gasteiger partial charge is 0.469 e. The van der Waals surface area contributed by atoms with Crippen LogP contribution in [0, 0.1) is 0 Å². The third-order valence-corrected chi connectivity index (χ3v) is 3.81. The Hall–Kier alpha value is -1.05. The first-order valence-electron chi connectivity index (χ1n) is 9.18. The lowest BCUT2D eigenvalue weighted by atomic mass is 10.1. The molecule has 2 heteroatoms. The molecule has 0 rings (SSSR count). The number of esters is 1. The van der Waals surface area contributed by atoms with E-state index >= 15 is 0 Å². The van der Waals surface area contributed by atoms with Gasteiger partial charge < -0.3 is 4.74 Å². The molecule has 0 spiro atoms. The van der Waals surface area contributed by atoms with Gasteiger partial charge >= 0.3 is 5.97 Å². The van der Waals surface area contributed by atoms with Crippen LogP contribution in [0.2, 0.25) is 0 Å². The summed E-state index contributed by atoms with van der Waals surface area (Å²) < 4.78 is 4.62. The van der Waals surface area contributed by atoms with Gasteiger partial charge in [-0.15, -0.1) is 0 Å². The van der Waals surface area contributed by atoms with E-state index < -0.39 is 0 Å². The molecule has 0 bridgehead atoms. The van der Waals surface area contributed by atoms with Crippen LogP contribution in [0.15, 0.2) is 24.3 Å². The van der Waals surface area contributed by atoms with E-state index in [0.717, 1.165) is 19.3 Å². The Morgan fingerprint density at radius 2 is 1.32 bits per heavy atom. The normalized spacial score (nSPS) is 11.5. The summed E-state index contributed by atoms with van der Waals surface area (Å²) in [6.07, 6.45) is 24.5. The second-order valence-corrected chi connectivity index (χ2v) is 5.91. The van der Waals surface area contributed by atoms with Crippen molar-refractivity contribution < 1.29 is 9.53 Å². The summed E-state index contributed by atoms with van der Waals surface area (Å²) in [6, 6.07) is 0. The van der Waals surface area contributed by atoms with E-state index in [1.54, 1.807) is 0 Å². The SMILES string of the molecule is CCCCC/C=C/C/C=C/CCCCCCCCC(=O)OC. The number of carbonyl (C=O) groups excluding carboxylic acids is 1. The summed E-state index contributed by atoms with van der Waals surface area (Å²) in [7, 11) is 1.46. The number of ether oxygens (including phenoxy) is 1. The summed E-state index contributed by atoms with van der Waals surface area (Å²) in [5, 5.41) is 0. The van der Waals surface area contributed by atoms with Gasteiger partial charge in [-0.3, -0.25) is 4.79 Å². The van der Waals surface area contributed by atoms with Gasteiger partial charge in [0.1, 0.15) is 0 Å². The summed E-state index contributed by atoms with van der Waals surface area (Å²) in [5.74, 6) is -0.0791. The first-order chi connectivity index (χ1) is 10.8. The number of unbranched alkanes of at least 4 members (excludes halogenated alkanes) is 9. The molecular formula is C20H36O2. The molecule has 128 valence electrons. The number of rotatable bonds is 15. The zero-order valence-corrected chi connectivity index (χ0v) is 14.8. The van der Waals surface area contributed by atoms with Crippen molar-refractivity contribution in [1.29, 1.82) is 0 Å². The van der Waals surface area contributed by atoms with Crippen molar-refractivity contribution in [2.45, 2.75) is 90.4 Å². The lowest BCUT2D eigenvalue weighted by molar-refractivity contribution is -0.140. The molecular weight excluding hydrogens is 272 g/mol. The van der Waals surface area contributed by atoms with Crippen molar-refractivity contribution in [3.8, 4) is 0 Å². The van der Waals surface area contributed by atoms with E-state index in [1.165, 1.54) is 64.9 Å². The minimum atomic E-state index is -0.0791. The molecule has 0 saturated heterocycles. The summed E-state index contributed by atoms with van der Waals surface area (Å²) in [6.45, 7) is 2.24. The predicted octanol–water partition coefficient (Wildman–Crippen LogP) is 6.36. The second-order valence-electron chi connectivity index (χ2n) is 5.91. The van der Waals surface area contributed by atoms with Gasteiger partial charge in [0.25, 0.3) is 0 Å². The zero-order chi connectivity index (χ0) is 16.3. The molecule has 0 atom stereocenters. The molecule has 0 aliphatic heterocycles. The Morgan fingerprint density at radius 3 is 1.91 bits per heavy atom. The monoisotopic (exact) mass is 308 g/mol. The fraction of sp³-hybridized carbons (Fsp3) is 0.750. The van der Waals surface area contributed by atoms with Crippen molar-refractivity contribution in [1.82, 2.24) is 0 Å². The van der Waals surface area contributed by atoms with E-state index in [4.69, 9.17) is 0 Å². The predicted molar refractivity (Wildman–Crippen MR) is 96.0 cm³/mol. The number of allylic oxidation sites excluding steroid dienone is 4. The maximum absolute atomic E-state index is 10.9. The molecule has 0 heterocycles. The molecule has 0 unspecified atom stereocenters. The minimum absolute atomic E-state index is 0.0791. The van der Waals surface area contributed by atoms with Crippen LogP contribution >= 0.6 is 0 Å². The molecule has 0 aromatic carbocycles. The molecule has 0 aromatic heterocycles. The molecule has 0 saturated carbocycles. The molecule has 0 aliphatic carbocycles. The number of carbonyl (C=O) groups is 1. The van der Waals surface area contributed by atoms with Crippen LogP contribution in [-0.4, -0.2) is 13.1 Å². The fourth-order valence-electron chi connectivity index (χ4n) is 2.36. The van der Waals surface area contributed by atoms with Crippen LogP contribution in [0.3, 0.4) is 0 Å². The highest BCUT2D eigenvalue weighted by molar-refractivity contribution is 5.68. The molecule has 0 aliphatic rings. The number of hydrogen-bond donors (Lipinski definition) is 0. The molecule has 0 aromatic rings. The molecule has 0 amide bonds. The van der Waals surface area contributed by atoms with Gasteiger partial charge in [0, 0.05) is 6.42 Å². The quantitative estimate of drug-likeness (QED) is 0.200. The summed E-state index contributed by atoms with van der Waals surface area (Å²) in [5.41, 5.74) is 0. The number of hydrogen-bond acceptors (Lipinski definition) is 2. The van der Waals surface area contributed by atoms with Gasteiger partial charge in [-0.1, -0.05) is 69.8 Å². The van der Waals surface area contributed by atoms with E-state index in [1.807, 2.05) is 0 Å². The highest BCUT2D eigenvalue weighted by Crippen LogP contribution is 2.09. The summed E-state index contributed by atoms with van der Waals surface area (Å²) in [4.78, 5) is 10.9. The van der Waals surface area contributed by atoms with Gasteiger partial charge in [0.2, 0.25) is 0 Å². The van der Waals surface area contributed by atoms with Gasteiger partial charge in [-0.25, -0.2) is 0 Å². The third kappa shape index (κ3) is 17.0. The molecule has 2 nitrogen and oxygen atoms in total. The Morgan fingerprint density at radius 1 is 0.773 bits per heavy atom. The maximum Gasteiger partial charge on any atom is 0.305 e. The maximum atomic E-state index is 10.9. The Kier molecular flexibility index (Phi) is 17.1. The first-order valence-corrected chi connectivity index (χ1v) is 9.18. The van der Waals surface area contributed by atoms with Gasteiger partial charge in [0.15, 0.2) is 0 Å². The molecule has 0 radical (unpaired) electrons. The van der Waals surface area contributed by atoms with Gasteiger partial charge in [0.05, 0.1) is 7.11 Å². The Balaban J connectivity index is 3.19. The van der Waals surface area contributed by atoms with Crippen molar-refractivity contribution in [2.24, 2.45) is 0 Å². The molecule has 0 N–H and O–H groups in total. The van der Waals surface area contributed by atoms with E-state index in [2.05, 4.69) is 36.0 Å². The van der Waals surface area contributed by atoms with Crippen molar-refractivity contribution >= 4 is 5.97 Å². The van der Waals surface area contributed by atoms with Crippen LogP contribution in [0.1, 0.15) is 90.4 Å². The average Bonchev–Trinajstić information content (AvgIpc) is 2.54. The lowest BCUT2D eigenvalue weighted by Crippen LogP contribution is -1.99.